The average Bonchev–Trinajstić information content (AvgIpc) is 1.65. The molecule has 33 valence electrons. The molecule has 3 nitrogen and oxygen atoms in total. The van der Waals surface area contributed by atoms with Crippen molar-refractivity contribution in [3.05, 3.63) is 6.10 Å². The second-order valence-electron chi connectivity index (χ2n) is 0.661. The van der Waals surface area contributed by atoms with Crippen molar-refractivity contribution < 1.29 is 14.7 Å². The molecule has 1 N–H and O–H groups in total. The lowest BCUT2D eigenvalue weighted by Crippen LogP contribution is -1.95. The lowest BCUT2D eigenvalue weighted by atomic mass is 10.5. The van der Waals surface area contributed by atoms with Crippen LogP contribution in [0, 0.1) is 6.10 Å². The summed E-state index contributed by atoms with van der Waals surface area (Å²) in [6.07, 6.45) is -0.616. The second-order valence-corrected chi connectivity index (χ2v) is 0.661. The van der Waals surface area contributed by atoms with Crippen LogP contribution in [0.5, 0.6) is 0 Å². The standard InChI is InChI=1S/C3H3O3/c4-1-3(6)2-5/h1-2,6H. The number of aldehydes is 2. The Kier molecular flexibility index (Phi) is 2.24. The van der Waals surface area contributed by atoms with E-state index in [1.165, 1.54) is 0 Å². The summed E-state index contributed by atoms with van der Waals surface area (Å²) in [6, 6.07) is 0. The number of hydrogen-bond acceptors (Lipinski definition) is 3. The van der Waals surface area contributed by atoms with Crippen LogP contribution in [0.15, 0.2) is 0 Å². The highest BCUT2D eigenvalue weighted by atomic mass is 16.3. The van der Waals surface area contributed by atoms with Crippen LogP contribution in [-0.4, -0.2) is 17.7 Å². The summed E-state index contributed by atoms with van der Waals surface area (Å²) in [4.78, 5) is 18.4. The van der Waals surface area contributed by atoms with Crippen LogP contribution in [-0.2, 0) is 9.59 Å². The maximum absolute atomic E-state index is 9.22. The van der Waals surface area contributed by atoms with E-state index in [9.17, 15) is 9.59 Å². The zero-order valence-electron chi connectivity index (χ0n) is 2.92. The van der Waals surface area contributed by atoms with Crippen molar-refractivity contribution in [2.75, 3.05) is 0 Å². The summed E-state index contributed by atoms with van der Waals surface area (Å²) < 4.78 is 0. The van der Waals surface area contributed by atoms with Gasteiger partial charge in [-0.25, -0.2) is 0 Å². The van der Waals surface area contributed by atoms with Crippen LogP contribution >= 0.6 is 0 Å². The SMILES string of the molecule is O=C[C](O)C=O. The van der Waals surface area contributed by atoms with Gasteiger partial charge in [-0.3, -0.25) is 9.59 Å². The fourth-order valence-corrected chi connectivity index (χ4v) is 0.0278. The fourth-order valence-electron chi connectivity index (χ4n) is 0.0278. The Morgan fingerprint density at radius 3 is 1.67 bits per heavy atom. The molecule has 0 atom stereocenters. The van der Waals surface area contributed by atoms with E-state index in [0.717, 1.165) is 0 Å². The van der Waals surface area contributed by atoms with Crippen LogP contribution in [0.25, 0.3) is 0 Å². The number of carbonyl (C=O) groups is 2. The molecule has 0 heterocycles. The van der Waals surface area contributed by atoms with E-state index < -0.39 is 6.10 Å². The molecule has 0 amide bonds. The van der Waals surface area contributed by atoms with Gasteiger partial charge in [0.05, 0.1) is 0 Å². The summed E-state index contributed by atoms with van der Waals surface area (Å²) in [5, 5.41) is 7.85. The van der Waals surface area contributed by atoms with E-state index in [1.54, 1.807) is 0 Å². The molecule has 0 bridgehead atoms. The van der Waals surface area contributed by atoms with Crippen LogP contribution in [0.3, 0.4) is 0 Å². The van der Waals surface area contributed by atoms with Crippen molar-refractivity contribution >= 4 is 12.6 Å². The number of hydrogen-bond donors (Lipinski definition) is 1. The van der Waals surface area contributed by atoms with Gasteiger partial charge in [-0.05, 0) is 0 Å². The molecule has 0 unspecified atom stereocenters. The maximum atomic E-state index is 9.22. The number of aliphatic hydroxyl groups is 1. The number of rotatable bonds is 2. The first kappa shape index (κ1) is 5.30. The Balaban J connectivity index is 3.21. The van der Waals surface area contributed by atoms with Gasteiger partial charge in [-0.2, -0.15) is 0 Å². The van der Waals surface area contributed by atoms with Crippen LogP contribution in [0.1, 0.15) is 0 Å². The lowest BCUT2D eigenvalue weighted by Gasteiger charge is -1.76. The highest BCUT2D eigenvalue weighted by Gasteiger charge is 1.94. The predicted molar refractivity (Wildman–Crippen MR) is 17.3 cm³/mol. The van der Waals surface area contributed by atoms with Crippen LogP contribution in [0.4, 0.5) is 0 Å². The number of carbonyl (C=O) groups excluding carboxylic acids is 2. The molecular weight excluding hydrogens is 84.0 g/mol. The van der Waals surface area contributed by atoms with Gasteiger partial charge in [0, 0.05) is 0 Å². The second kappa shape index (κ2) is 2.53. The highest BCUT2D eigenvalue weighted by Crippen LogP contribution is 1.73. The van der Waals surface area contributed by atoms with Crippen LogP contribution < -0.4 is 0 Å². The average molecular weight is 87.1 g/mol. The molecule has 0 aromatic carbocycles. The van der Waals surface area contributed by atoms with E-state index in [4.69, 9.17) is 5.11 Å². The van der Waals surface area contributed by atoms with E-state index >= 15 is 0 Å². The van der Waals surface area contributed by atoms with Gasteiger partial charge < -0.3 is 5.11 Å². The number of aliphatic hydroxyl groups excluding tert-OH is 1. The van der Waals surface area contributed by atoms with Crippen molar-refractivity contribution in [2.45, 2.75) is 0 Å². The molecule has 0 saturated heterocycles. The van der Waals surface area contributed by atoms with Crippen molar-refractivity contribution in [3.63, 3.8) is 0 Å². The Morgan fingerprint density at radius 2 is 1.67 bits per heavy atom. The smallest absolute Gasteiger partial charge is 0.217 e. The Labute approximate surface area is 34.6 Å². The van der Waals surface area contributed by atoms with E-state index in [-0.39, 0.29) is 12.6 Å². The molecule has 0 fully saturated rings. The Hall–Kier alpha value is -0.700. The zero-order chi connectivity index (χ0) is 4.99. The monoisotopic (exact) mass is 87.0 g/mol. The maximum Gasteiger partial charge on any atom is 0.217 e. The van der Waals surface area contributed by atoms with Gasteiger partial charge >= 0.3 is 0 Å². The van der Waals surface area contributed by atoms with Gasteiger partial charge in [0.2, 0.25) is 6.10 Å². The zero-order valence-corrected chi connectivity index (χ0v) is 2.92. The van der Waals surface area contributed by atoms with Crippen molar-refractivity contribution in [1.82, 2.24) is 0 Å². The molecule has 0 aliphatic heterocycles. The molecule has 0 aliphatic rings. The molecule has 6 heavy (non-hydrogen) atoms. The van der Waals surface area contributed by atoms with Gasteiger partial charge in [0.1, 0.15) is 0 Å². The first-order valence-corrected chi connectivity index (χ1v) is 1.27. The first-order chi connectivity index (χ1) is 2.81. The summed E-state index contributed by atoms with van der Waals surface area (Å²) in [5.41, 5.74) is 0. The highest BCUT2D eigenvalue weighted by molar-refractivity contribution is 5.90. The van der Waals surface area contributed by atoms with E-state index in [0.29, 0.717) is 0 Å². The summed E-state index contributed by atoms with van der Waals surface area (Å²) >= 11 is 0. The third-order valence-electron chi connectivity index (χ3n) is 0.241. The largest absolute Gasteiger partial charge is 0.372 e. The minimum atomic E-state index is -0.769. The molecule has 0 aromatic heterocycles. The minimum absolute atomic E-state index is 0.0764. The van der Waals surface area contributed by atoms with Gasteiger partial charge in [0.15, 0.2) is 12.6 Å². The topological polar surface area (TPSA) is 54.4 Å². The molecule has 0 aliphatic carbocycles. The van der Waals surface area contributed by atoms with Gasteiger partial charge in [-0.1, -0.05) is 0 Å². The Morgan fingerprint density at radius 1 is 1.33 bits per heavy atom. The van der Waals surface area contributed by atoms with Crippen molar-refractivity contribution in [2.24, 2.45) is 0 Å². The molecule has 1 radical (unpaired) electrons. The summed E-state index contributed by atoms with van der Waals surface area (Å²) in [7, 11) is 0. The van der Waals surface area contributed by atoms with E-state index in [2.05, 4.69) is 0 Å². The van der Waals surface area contributed by atoms with E-state index in [1.807, 2.05) is 0 Å². The third kappa shape index (κ3) is 1.60. The van der Waals surface area contributed by atoms with Crippen molar-refractivity contribution in [1.29, 1.82) is 0 Å². The molecule has 0 rings (SSSR count). The fraction of sp³-hybridized carbons (Fsp3) is 0. The van der Waals surface area contributed by atoms with Crippen LogP contribution in [0.2, 0.25) is 0 Å². The third-order valence-corrected chi connectivity index (χ3v) is 0.241. The molecule has 0 aromatic rings. The first-order valence-electron chi connectivity index (χ1n) is 1.27. The quantitative estimate of drug-likeness (QED) is 0.357. The molecule has 3 heteroatoms. The minimum Gasteiger partial charge on any atom is -0.372 e. The van der Waals surface area contributed by atoms with Gasteiger partial charge in [-0.15, -0.1) is 0 Å². The molecular formula is C3H3O3. The molecule has 0 saturated carbocycles. The normalized spacial score (nSPS) is 8.33. The summed E-state index contributed by atoms with van der Waals surface area (Å²) in [5.74, 6) is 0. The van der Waals surface area contributed by atoms with Gasteiger partial charge in [0.25, 0.3) is 0 Å². The Bertz CT molecular complexity index is 51.1. The van der Waals surface area contributed by atoms with Crippen molar-refractivity contribution in [3.8, 4) is 0 Å². The summed E-state index contributed by atoms with van der Waals surface area (Å²) in [6.45, 7) is 0. The molecule has 0 spiro atoms. The predicted octanol–water partition coefficient (Wildman–Crippen LogP) is -0.711. The lowest BCUT2D eigenvalue weighted by molar-refractivity contribution is -0.117.